The van der Waals surface area contributed by atoms with E-state index in [1.54, 1.807) is 0 Å². The zero-order valence-corrected chi connectivity index (χ0v) is 17.1. The second-order valence-corrected chi connectivity index (χ2v) is 9.28. The summed E-state index contributed by atoms with van der Waals surface area (Å²) in [6.45, 7) is 8.43. The van der Waals surface area contributed by atoms with Crippen molar-refractivity contribution in [3.63, 3.8) is 0 Å². The van der Waals surface area contributed by atoms with Gasteiger partial charge in [-0.25, -0.2) is 0 Å². The molecule has 4 rings (SSSR count). The van der Waals surface area contributed by atoms with Gasteiger partial charge in [0.15, 0.2) is 6.23 Å². The van der Waals surface area contributed by atoms with Crippen LogP contribution in [0.4, 0.5) is 5.69 Å². The van der Waals surface area contributed by atoms with Crippen LogP contribution in [0, 0.1) is 5.41 Å². The molecule has 0 aliphatic carbocycles. The number of benzene rings is 1. The van der Waals surface area contributed by atoms with Crippen molar-refractivity contribution in [1.82, 2.24) is 10.2 Å². The smallest absolute Gasteiger partial charge is 0.312 e. The van der Waals surface area contributed by atoms with Crippen molar-refractivity contribution in [1.29, 1.82) is 0 Å². The summed E-state index contributed by atoms with van der Waals surface area (Å²) in [4.78, 5) is 29.2. The van der Waals surface area contributed by atoms with E-state index in [1.165, 1.54) is 0 Å². The Balaban J connectivity index is 1.31. The standard InChI is InChI=1S/C22H31N3O3/c1-22(2,3)21(27)28-19-13-17(14-23-19)24-10-8-16(9-11-24)25-18-7-5-4-6-15(18)12-20(25)26/h4-7,16-17,19,23H,8-14H2,1-3H3/t17-,19?/m0/s1. The molecule has 0 spiro atoms. The fourth-order valence-corrected chi connectivity index (χ4v) is 4.54. The number of carbonyl (C=O) groups excluding carboxylic acids is 2. The summed E-state index contributed by atoms with van der Waals surface area (Å²) in [5.74, 6) is 0.0758. The number of ether oxygens (including phenoxy) is 1. The van der Waals surface area contributed by atoms with Crippen molar-refractivity contribution in [2.75, 3.05) is 24.5 Å². The summed E-state index contributed by atoms with van der Waals surface area (Å²) in [6.07, 6.45) is 3.15. The van der Waals surface area contributed by atoms with Gasteiger partial charge in [-0.3, -0.25) is 19.8 Å². The molecule has 6 nitrogen and oxygen atoms in total. The van der Waals surface area contributed by atoms with Crippen molar-refractivity contribution in [3.8, 4) is 0 Å². The molecule has 2 atom stereocenters. The maximum absolute atomic E-state index is 12.5. The van der Waals surface area contributed by atoms with Crippen molar-refractivity contribution in [2.24, 2.45) is 5.41 Å². The number of anilines is 1. The molecule has 1 amide bonds. The predicted molar refractivity (Wildman–Crippen MR) is 108 cm³/mol. The highest BCUT2D eigenvalue weighted by atomic mass is 16.6. The normalized spacial score (nSPS) is 26.5. The molecule has 0 saturated carbocycles. The number of nitrogens with one attached hydrogen (secondary N) is 1. The number of rotatable bonds is 3. The average molecular weight is 386 g/mol. The molecule has 3 aliphatic rings. The highest BCUT2D eigenvalue weighted by Crippen LogP contribution is 2.34. The van der Waals surface area contributed by atoms with Crippen LogP contribution < -0.4 is 10.2 Å². The summed E-state index contributed by atoms with van der Waals surface area (Å²) in [5.41, 5.74) is 1.78. The Kier molecular flexibility index (Phi) is 5.19. The zero-order chi connectivity index (χ0) is 19.9. The van der Waals surface area contributed by atoms with Gasteiger partial charge in [-0.2, -0.15) is 0 Å². The number of hydrogen-bond donors (Lipinski definition) is 1. The van der Waals surface area contributed by atoms with Crippen LogP contribution in [0.3, 0.4) is 0 Å². The van der Waals surface area contributed by atoms with E-state index in [1.807, 2.05) is 37.8 Å². The molecule has 152 valence electrons. The summed E-state index contributed by atoms with van der Waals surface area (Å²) < 4.78 is 5.62. The first-order valence-corrected chi connectivity index (χ1v) is 10.4. The molecule has 3 heterocycles. The number of fused-ring (bicyclic) bond motifs is 1. The lowest BCUT2D eigenvalue weighted by molar-refractivity contribution is -0.159. The molecule has 3 aliphatic heterocycles. The van der Waals surface area contributed by atoms with Crippen molar-refractivity contribution >= 4 is 17.6 Å². The minimum absolute atomic E-state index is 0.157. The van der Waals surface area contributed by atoms with E-state index in [2.05, 4.69) is 22.3 Å². The molecule has 2 saturated heterocycles. The van der Waals surface area contributed by atoms with Crippen molar-refractivity contribution in [2.45, 2.75) is 64.8 Å². The van der Waals surface area contributed by atoms with Crippen molar-refractivity contribution in [3.05, 3.63) is 29.8 Å². The summed E-state index contributed by atoms with van der Waals surface area (Å²) in [5, 5.41) is 3.34. The van der Waals surface area contributed by atoms with Crippen LogP contribution >= 0.6 is 0 Å². The molecule has 2 fully saturated rings. The Hall–Kier alpha value is -1.92. The fraction of sp³-hybridized carbons (Fsp3) is 0.636. The van der Waals surface area contributed by atoms with E-state index in [0.717, 1.165) is 50.1 Å². The third kappa shape index (κ3) is 3.80. The van der Waals surface area contributed by atoms with Gasteiger partial charge in [0.25, 0.3) is 0 Å². The van der Waals surface area contributed by atoms with Gasteiger partial charge in [0.2, 0.25) is 5.91 Å². The van der Waals surface area contributed by atoms with E-state index in [-0.39, 0.29) is 24.1 Å². The summed E-state index contributed by atoms with van der Waals surface area (Å²) in [7, 11) is 0. The number of nitrogens with zero attached hydrogens (tertiary/aromatic N) is 2. The molecule has 1 aromatic carbocycles. The Morgan fingerprint density at radius 1 is 1.14 bits per heavy atom. The maximum Gasteiger partial charge on any atom is 0.312 e. The lowest BCUT2D eigenvalue weighted by atomic mass is 9.97. The predicted octanol–water partition coefficient (Wildman–Crippen LogP) is 2.32. The maximum atomic E-state index is 12.5. The minimum atomic E-state index is -0.476. The van der Waals surface area contributed by atoms with Crippen LogP contribution in [0.1, 0.15) is 45.6 Å². The van der Waals surface area contributed by atoms with Crippen molar-refractivity contribution < 1.29 is 14.3 Å². The van der Waals surface area contributed by atoms with E-state index in [9.17, 15) is 9.59 Å². The molecule has 6 heteroatoms. The number of piperidine rings is 1. The zero-order valence-electron chi connectivity index (χ0n) is 17.1. The average Bonchev–Trinajstić information content (AvgIpc) is 3.24. The van der Waals surface area contributed by atoms with Crippen LogP contribution in [-0.2, 0) is 20.7 Å². The lowest BCUT2D eigenvalue weighted by Gasteiger charge is -2.39. The van der Waals surface area contributed by atoms with Crippen LogP contribution in [0.15, 0.2) is 24.3 Å². The second-order valence-electron chi connectivity index (χ2n) is 9.28. The van der Waals surface area contributed by atoms with Gasteiger partial charge in [0.1, 0.15) is 0 Å². The fourth-order valence-electron chi connectivity index (χ4n) is 4.54. The first-order valence-electron chi connectivity index (χ1n) is 10.4. The highest BCUT2D eigenvalue weighted by Gasteiger charge is 2.38. The number of amides is 1. The lowest BCUT2D eigenvalue weighted by Crippen LogP contribution is -2.49. The Bertz CT molecular complexity index is 750. The first kappa shape index (κ1) is 19.4. The molecule has 0 bridgehead atoms. The quantitative estimate of drug-likeness (QED) is 0.809. The molecular weight excluding hydrogens is 354 g/mol. The third-order valence-corrected chi connectivity index (χ3v) is 6.17. The van der Waals surface area contributed by atoms with Gasteiger partial charge in [0, 0.05) is 43.8 Å². The highest BCUT2D eigenvalue weighted by molar-refractivity contribution is 6.01. The minimum Gasteiger partial charge on any atom is -0.446 e. The monoisotopic (exact) mass is 385 g/mol. The number of para-hydroxylation sites is 1. The van der Waals surface area contributed by atoms with Crippen LogP contribution in [0.25, 0.3) is 0 Å². The number of likely N-dealkylation sites (tertiary alicyclic amines) is 1. The van der Waals surface area contributed by atoms with Gasteiger partial charge in [-0.05, 0) is 45.2 Å². The Morgan fingerprint density at radius 3 is 2.57 bits per heavy atom. The summed E-state index contributed by atoms with van der Waals surface area (Å²) in [6, 6.07) is 8.83. The van der Waals surface area contributed by atoms with Crippen LogP contribution in [0.5, 0.6) is 0 Å². The number of hydrogen-bond acceptors (Lipinski definition) is 5. The van der Waals surface area contributed by atoms with Gasteiger partial charge in [0.05, 0.1) is 11.8 Å². The largest absolute Gasteiger partial charge is 0.446 e. The van der Waals surface area contributed by atoms with E-state index < -0.39 is 5.41 Å². The van der Waals surface area contributed by atoms with E-state index in [0.29, 0.717) is 12.5 Å². The number of carbonyl (C=O) groups is 2. The van der Waals surface area contributed by atoms with E-state index in [4.69, 9.17) is 4.74 Å². The van der Waals surface area contributed by atoms with Crippen LogP contribution in [-0.4, -0.2) is 54.7 Å². The molecule has 1 unspecified atom stereocenters. The molecular formula is C22H31N3O3. The second kappa shape index (κ2) is 7.48. The molecule has 0 aromatic heterocycles. The van der Waals surface area contributed by atoms with Gasteiger partial charge in [-0.1, -0.05) is 18.2 Å². The van der Waals surface area contributed by atoms with Gasteiger partial charge >= 0.3 is 5.97 Å². The molecule has 0 radical (unpaired) electrons. The van der Waals surface area contributed by atoms with Gasteiger partial charge in [-0.15, -0.1) is 0 Å². The number of esters is 1. The van der Waals surface area contributed by atoms with E-state index >= 15 is 0 Å². The van der Waals surface area contributed by atoms with Gasteiger partial charge < -0.3 is 9.64 Å². The molecule has 1 N–H and O–H groups in total. The first-order chi connectivity index (χ1) is 13.3. The SMILES string of the molecule is CC(C)(C)C(=O)OC1C[C@H](N2CCC(N3C(=O)Cc4ccccc43)CC2)CN1. The Labute approximate surface area is 167 Å². The topological polar surface area (TPSA) is 61.9 Å². The molecule has 1 aromatic rings. The third-order valence-electron chi connectivity index (χ3n) is 6.17. The molecule has 28 heavy (non-hydrogen) atoms. The van der Waals surface area contributed by atoms with Crippen LogP contribution in [0.2, 0.25) is 0 Å². The summed E-state index contributed by atoms with van der Waals surface area (Å²) >= 11 is 0. The Morgan fingerprint density at radius 2 is 1.86 bits per heavy atom.